The van der Waals surface area contributed by atoms with Gasteiger partial charge in [0.2, 0.25) is 5.91 Å². The molecule has 4 amide bonds. The maximum atomic E-state index is 12.9. The van der Waals surface area contributed by atoms with Crippen molar-refractivity contribution in [1.82, 2.24) is 25.1 Å². The van der Waals surface area contributed by atoms with Crippen molar-refractivity contribution in [2.45, 2.75) is 31.2 Å². The summed E-state index contributed by atoms with van der Waals surface area (Å²) in [6.45, 7) is 1.31. The second kappa shape index (κ2) is 7.10. The molecule has 1 saturated heterocycles. The molecule has 1 aromatic heterocycles. The molecule has 2 aliphatic heterocycles. The van der Waals surface area contributed by atoms with Gasteiger partial charge in [0.1, 0.15) is 5.82 Å². The molecule has 146 valence electrons. The van der Waals surface area contributed by atoms with E-state index in [0.29, 0.717) is 18.9 Å². The molecule has 28 heavy (non-hydrogen) atoms. The quantitative estimate of drug-likeness (QED) is 0.768. The van der Waals surface area contributed by atoms with Crippen LogP contribution in [-0.2, 0) is 35.0 Å². The predicted molar refractivity (Wildman–Crippen MR) is 101 cm³/mol. The van der Waals surface area contributed by atoms with Crippen molar-refractivity contribution in [1.29, 1.82) is 0 Å². The topological polar surface area (TPSA) is 96.3 Å². The number of hydrogen-bond acceptors (Lipinski definition) is 4. The van der Waals surface area contributed by atoms with Crippen LogP contribution < -0.4 is 10.6 Å². The molecule has 0 spiro atoms. The van der Waals surface area contributed by atoms with Gasteiger partial charge in [-0.2, -0.15) is 0 Å². The van der Waals surface area contributed by atoms with Gasteiger partial charge in [0.05, 0.1) is 0 Å². The number of nitrogens with one attached hydrogen (secondary N) is 2. The monoisotopic (exact) mass is 381 g/mol. The van der Waals surface area contributed by atoms with E-state index in [9.17, 15) is 14.4 Å². The van der Waals surface area contributed by atoms with Crippen LogP contribution in [0.5, 0.6) is 0 Å². The predicted octanol–water partition coefficient (Wildman–Crippen LogP) is 0.862. The Morgan fingerprint density at radius 2 is 1.86 bits per heavy atom. The standard InChI is InChI=1S/C20H23N5O3/c1-24-13-10-21-17(24)20(18(27)22-19(28)23-20)9-6-16(26)25-11-7-14-4-2-3-5-15(14)8-12-25/h2-5,10,13H,6-9,11-12H2,1H3,(H2,22,23,27,28)/t20-/m1/s1. The summed E-state index contributed by atoms with van der Waals surface area (Å²) in [5.74, 6) is -0.0647. The number of carbonyl (C=O) groups excluding carboxylic acids is 3. The fourth-order valence-corrected chi connectivity index (χ4v) is 4.08. The number of urea groups is 1. The number of imidazole rings is 1. The van der Waals surface area contributed by atoms with Crippen molar-refractivity contribution in [3.05, 3.63) is 53.6 Å². The normalized spacial score (nSPS) is 21.7. The van der Waals surface area contributed by atoms with E-state index in [1.165, 1.54) is 11.1 Å². The van der Waals surface area contributed by atoms with Crippen LogP contribution >= 0.6 is 0 Å². The summed E-state index contributed by atoms with van der Waals surface area (Å²) < 4.78 is 1.69. The molecular formula is C20H23N5O3. The van der Waals surface area contributed by atoms with E-state index >= 15 is 0 Å². The Morgan fingerprint density at radius 1 is 1.18 bits per heavy atom. The first kappa shape index (κ1) is 18.2. The minimum atomic E-state index is -1.32. The molecule has 0 radical (unpaired) electrons. The van der Waals surface area contributed by atoms with E-state index in [4.69, 9.17) is 0 Å². The largest absolute Gasteiger partial charge is 0.342 e. The Labute approximate surface area is 162 Å². The smallest absolute Gasteiger partial charge is 0.322 e. The van der Waals surface area contributed by atoms with Crippen molar-refractivity contribution < 1.29 is 14.4 Å². The molecule has 1 atom stereocenters. The van der Waals surface area contributed by atoms with Gasteiger partial charge in [0.15, 0.2) is 5.54 Å². The first-order valence-corrected chi connectivity index (χ1v) is 9.45. The molecule has 8 heteroatoms. The van der Waals surface area contributed by atoms with Gasteiger partial charge in [-0.25, -0.2) is 9.78 Å². The number of carbonyl (C=O) groups is 3. The van der Waals surface area contributed by atoms with Gasteiger partial charge < -0.3 is 14.8 Å². The lowest BCUT2D eigenvalue weighted by Crippen LogP contribution is -2.47. The molecule has 8 nitrogen and oxygen atoms in total. The highest BCUT2D eigenvalue weighted by atomic mass is 16.2. The highest BCUT2D eigenvalue weighted by Gasteiger charge is 2.50. The van der Waals surface area contributed by atoms with Gasteiger partial charge in [-0.15, -0.1) is 0 Å². The van der Waals surface area contributed by atoms with Crippen LogP contribution in [0.1, 0.15) is 29.8 Å². The zero-order chi connectivity index (χ0) is 19.7. The molecular weight excluding hydrogens is 358 g/mol. The molecule has 1 aromatic carbocycles. The first-order chi connectivity index (χ1) is 13.5. The van der Waals surface area contributed by atoms with E-state index in [2.05, 4.69) is 27.8 Å². The molecule has 1 fully saturated rings. The number of rotatable bonds is 4. The van der Waals surface area contributed by atoms with Gasteiger partial charge in [-0.3, -0.25) is 14.9 Å². The lowest BCUT2D eigenvalue weighted by Gasteiger charge is -2.27. The van der Waals surface area contributed by atoms with Crippen LogP contribution in [-0.4, -0.2) is 45.4 Å². The number of fused-ring (bicyclic) bond motifs is 1. The van der Waals surface area contributed by atoms with E-state index in [-0.39, 0.29) is 18.7 Å². The molecule has 4 rings (SSSR count). The molecule has 2 aromatic rings. The number of imide groups is 1. The molecule has 0 aliphatic carbocycles. The fraction of sp³-hybridized carbons (Fsp3) is 0.400. The van der Waals surface area contributed by atoms with Crippen LogP contribution in [0.15, 0.2) is 36.7 Å². The zero-order valence-corrected chi connectivity index (χ0v) is 15.8. The Balaban J connectivity index is 1.48. The Kier molecular flexibility index (Phi) is 4.62. The lowest BCUT2D eigenvalue weighted by molar-refractivity contribution is -0.132. The fourth-order valence-electron chi connectivity index (χ4n) is 4.08. The van der Waals surface area contributed by atoms with Gasteiger partial charge in [-0.1, -0.05) is 24.3 Å². The Bertz CT molecular complexity index is 910. The third-order valence-electron chi connectivity index (χ3n) is 5.63. The maximum Gasteiger partial charge on any atom is 0.322 e. The summed E-state index contributed by atoms with van der Waals surface area (Å²) in [5.41, 5.74) is 1.24. The summed E-state index contributed by atoms with van der Waals surface area (Å²) in [6.07, 6.45) is 5.24. The summed E-state index contributed by atoms with van der Waals surface area (Å²) in [6, 6.07) is 7.70. The van der Waals surface area contributed by atoms with Crippen LogP contribution in [0.25, 0.3) is 0 Å². The van der Waals surface area contributed by atoms with Crippen LogP contribution in [0.2, 0.25) is 0 Å². The molecule has 0 saturated carbocycles. The molecule has 0 unspecified atom stereocenters. The van der Waals surface area contributed by atoms with E-state index in [0.717, 1.165) is 12.8 Å². The lowest BCUT2D eigenvalue weighted by atomic mass is 9.92. The number of aryl methyl sites for hydroxylation is 1. The second-order valence-electron chi connectivity index (χ2n) is 7.32. The average molecular weight is 381 g/mol. The van der Waals surface area contributed by atoms with E-state index in [1.807, 2.05) is 17.0 Å². The van der Waals surface area contributed by atoms with Gasteiger partial charge in [-0.05, 0) is 30.4 Å². The van der Waals surface area contributed by atoms with Crippen molar-refractivity contribution in [2.75, 3.05) is 13.1 Å². The van der Waals surface area contributed by atoms with Crippen LogP contribution in [0, 0.1) is 0 Å². The number of benzene rings is 1. The minimum Gasteiger partial charge on any atom is -0.342 e. The summed E-state index contributed by atoms with van der Waals surface area (Å²) >= 11 is 0. The number of hydrogen-bond donors (Lipinski definition) is 2. The van der Waals surface area contributed by atoms with Crippen molar-refractivity contribution in [2.24, 2.45) is 7.05 Å². The third-order valence-corrected chi connectivity index (χ3v) is 5.63. The molecule has 2 N–H and O–H groups in total. The van der Waals surface area contributed by atoms with E-state index < -0.39 is 17.5 Å². The minimum absolute atomic E-state index is 0.0182. The van der Waals surface area contributed by atoms with Crippen molar-refractivity contribution >= 4 is 17.8 Å². The third kappa shape index (κ3) is 3.15. The number of aromatic nitrogens is 2. The summed E-state index contributed by atoms with van der Waals surface area (Å²) in [7, 11) is 1.76. The maximum absolute atomic E-state index is 12.9. The van der Waals surface area contributed by atoms with Gasteiger partial charge in [0.25, 0.3) is 5.91 Å². The summed E-state index contributed by atoms with van der Waals surface area (Å²) in [4.78, 5) is 43.4. The molecule has 2 aliphatic rings. The van der Waals surface area contributed by atoms with Crippen LogP contribution in [0.4, 0.5) is 4.79 Å². The SMILES string of the molecule is Cn1ccnc1[C@@]1(CCC(=O)N2CCc3ccccc3CC2)NC(=O)NC1=O. The highest BCUT2D eigenvalue weighted by Crippen LogP contribution is 2.29. The van der Waals surface area contributed by atoms with Gasteiger partial charge >= 0.3 is 6.03 Å². The second-order valence-corrected chi connectivity index (χ2v) is 7.32. The average Bonchev–Trinajstić information content (AvgIpc) is 3.14. The van der Waals surface area contributed by atoms with Crippen molar-refractivity contribution in [3.63, 3.8) is 0 Å². The Morgan fingerprint density at radius 3 is 2.39 bits per heavy atom. The first-order valence-electron chi connectivity index (χ1n) is 9.45. The molecule has 0 bridgehead atoms. The summed E-state index contributed by atoms with van der Waals surface area (Å²) in [5, 5.41) is 4.97. The van der Waals surface area contributed by atoms with Crippen molar-refractivity contribution in [3.8, 4) is 0 Å². The van der Waals surface area contributed by atoms with E-state index in [1.54, 1.807) is 24.0 Å². The number of amides is 4. The molecule has 3 heterocycles. The van der Waals surface area contributed by atoms with Crippen LogP contribution in [0.3, 0.4) is 0 Å². The van der Waals surface area contributed by atoms with Gasteiger partial charge in [0, 0.05) is 39.0 Å². The zero-order valence-electron chi connectivity index (χ0n) is 15.8. The highest BCUT2D eigenvalue weighted by molar-refractivity contribution is 6.07. The Hall–Kier alpha value is -3.16. The number of nitrogens with zero attached hydrogens (tertiary/aromatic N) is 3.